The molecule has 0 saturated carbocycles. The Kier molecular flexibility index (Phi) is 10.1. The summed E-state index contributed by atoms with van der Waals surface area (Å²) in [6, 6.07) is 8.13. The summed E-state index contributed by atoms with van der Waals surface area (Å²) in [7, 11) is 0. The predicted molar refractivity (Wildman–Crippen MR) is 68.0 cm³/mol. The van der Waals surface area contributed by atoms with Crippen LogP contribution in [0.25, 0.3) is 5.57 Å². The third-order valence-corrected chi connectivity index (χ3v) is 3.39. The summed E-state index contributed by atoms with van der Waals surface area (Å²) in [5.41, 5.74) is 6.29. The Morgan fingerprint density at radius 3 is 2.16 bits per heavy atom. The van der Waals surface area contributed by atoms with Crippen molar-refractivity contribution in [2.24, 2.45) is 0 Å². The van der Waals surface area contributed by atoms with Crippen molar-refractivity contribution in [2.75, 3.05) is 0 Å². The van der Waals surface area contributed by atoms with E-state index in [1.54, 1.807) is 0 Å². The van der Waals surface area contributed by atoms with Crippen LogP contribution in [0.4, 0.5) is 0 Å². The smallest absolute Gasteiger partial charge is 1.00 e. The Morgan fingerprint density at radius 2 is 1.68 bits per heavy atom. The molecule has 2 rings (SSSR count). The van der Waals surface area contributed by atoms with Gasteiger partial charge in [-0.25, -0.2) is 0 Å². The first kappa shape index (κ1) is 21.3. The normalized spacial score (nSPS) is 14.8. The van der Waals surface area contributed by atoms with Crippen LogP contribution in [0.3, 0.4) is 0 Å². The summed E-state index contributed by atoms with van der Waals surface area (Å²) in [5.74, 6) is 0. The van der Waals surface area contributed by atoms with E-state index in [2.05, 4.69) is 26.0 Å². The fraction of sp³-hybridized carbons (Fsp3) is 0.333. The van der Waals surface area contributed by atoms with Crippen LogP contribution in [0.2, 0.25) is 0 Å². The zero-order chi connectivity index (χ0) is 11.7. The van der Waals surface area contributed by atoms with Crippen molar-refractivity contribution in [3.05, 3.63) is 52.6 Å². The first-order valence-electron chi connectivity index (χ1n) is 5.75. The quantitative estimate of drug-likeness (QED) is 0.613. The summed E-state index contributed by atoms with van der Waals surface area (Å²) in [6.45, 7) is 6.13. The number of halogens is 2. The van der Waals surface area contributed by atoms with E-state index in [4.69, 9.17) is 0 Å². The molecular formula is C15H18Cl2OTi. The standard InChI is InChI=1S/C15H18O.2ClH.Ti/c1-10-8-9-13(11(10)2)15-7-5-4-6-14(15)12(3)16;;;/h4-8,12,16H,9H2,1-3H3;2*1H;/q;;;+2/p-2. The Hall–Kier alpha value is -0.0457. The number of allylic oxidation sites excluding steroid dienone is 4. The molecule has 0 amide bonds. The van der Waals surface area contributed by atoms with Gasteiger partial charge in [-0.3, -0.25) is 0 Å². The molecule has 1 nitrogen and oxygen atoms in total. The van der Waals surface area contributed by atoms with Gasteiger partial charge in [0.05, 0.1) is 6.10 Å². The van der Waals surface area contributed by atoms with Crippen molar-refractivity contribution in [1.82, 2.24) is 0 Å². The van der Waals surface area contributed by atoms with Crippen LogP contribution >= 0.6 is 0 Å². The van der Waals surface area contributed by atoms with Crippen molar-refractivity contribution in [1.29, 1.82) is 0 Å². The van der Waals surface area contributed by atoms with Gasteiger partial charge in [-0.15, -0.1) is 0 Å². The molecule has 0 saturated heterocycles. The fourth-order valence-corrected chi connectivity index (χ4v) is 2.25. The maximum Gasteiger partial charge on any atom is 2.00 e. The number of benzene rings is 1. The van der Waals surface area contributed by atoms with Crippen molar-refractivity contribution in [3.8, 4) is 0 Å². The molecule has 0 fully saturated rings. The van der Waals surface area contributed by atoms with E-state index in [1.165, 1.54) is 22.3 Å². The minimum absolute atomic E-state index is 0. The number of hydrogen-bond acceptors (Lipinski definition) is 1. The number of hydrogen-bond donors (Lipinski definition) is 1. The minimum atomic E-state index is -0.405. The molecule has 1 aromatic carbocycles. The molecule has 1 aliphatic carbocycles. The maximum atomic E-state index is 9.78. The van der Waals surface area contributed by atoms with E-state index in [0.717, 1.165) is 12.0 Å². The first-order valence-corrected chi connectivity index (χ1v) is 5.75. The molecule has 4 heteroatoms. The van der Waals surface area contributed by atoms with E-state index < -0.39 is 6.10 Å². The molecule has 0 aromatic heterocycles. The Balaban J connectivity index is 0. The molecule has 102 valence electrons. The molecule has 1 N–H and O–H groups in total. The molecule has 0 aliphatic heterocycles. The maximum absolute atomic E-state index is 9.78. The second kappa shape index (κ2) is 8.99. The minimum Gasteiger partial charge on any atom is -1.00 e. The summed E-state index contributed by atoms with van der Waals surface area (Å²) in [5, 5.41) is 9.78. The van der Waals surface area contributed by atoms with Gasteiger partial charge in [-0.1, -0.05) is 35.9 Å². The van der Waals surface area contributed by atoms with Gasteiger partial charge >= 0.3 is 21.7 Å². The summed E-state index contributed by atoms with van der Waals surface area (Å²) < 4.78 is 0. The summed E-state index contributed by atoms with van der Waals surface area (Å²) >= 11 is 0. The molecule has 1 atom stereocenters. The molecule has 0 radical (unpaired) electrons. The van der Waals surface area contributed by atoms with Crippen LogP contribution in [0.5, 0.6) is 0 Å². The van der Waals surface area contributed by atoms with Crippen LogP contribution in [0.1, 0.15) is 44.4 Å². The third-order valence-electron chi connectivity index (χ3n) is 3.39. The second-order valence-electron chi connectivity index (χ2n) is 4.46. The fourth-order valence-electron chi connectivity index (χ4n) is 2.25. The Bertz CT molecular complexity index is 479. The van der Waals surface area contributed by atoms with Gasteiger partial charge in [-0.05, 0) is 49.5 Å². The van der Waals surface area contributed by atoms with Crippen molar-refractivity contribution >= 4 is 5.57 Å². The van der Waals surface area contributed by atoms with E-state index in [9.17, 15) is 5.11 Å². The van der Waals surface area contributed by atoms with Crippen LogP contribution < -0.4 is 24.8 Å². The van der Waals surface area contributed by atoms with Gasteiger partial charge in [0, 0.05) is 0 Å². The zero-order valence-electron chi connectivity index (χ0n) is 11.4. The topological polar surface area (TPSA) is 20.2 Å². The van der Waals surface area contributed by atoms with Gasteiger partial charge in [-0.2, -0.15) is 0 Å². The average Bonchev–Trinajstić information content (AvgIpc) is 2.60. The molecule has 0 heterocycles. The van der Waals surface area contributed by atoms with Gasteiger partial charge < -0.3 is 29.9 Å². The van der Waals surface area contributed by atoms with Crippen LogP contribution in [-0.2, 0) is 21.7 Å². The van der Waals surface area contributed by atoms with Gasteiger partial charge in [0.25, 0.3) is 0 Å². The molecule has 1 aliphatic rings. The molecule has 19 heavy (non-hydrogen) atoms. The van der Waals surface area contributed by atoms with Crippen LogP contribution in [0.15, 0.2) is 41.5 Å². The third kappa shape index (κ3) is 4.48. The largest absolute Gasteiger partial charge is 2.00 e. The molecular weight excluding hydrogens is 315 g/mol. The molecule has 1 unspecified atom stereocenters. The van der Waals surface area contributed by atoms with Gasteiger partial charge in [0.1, 0.15) is 0 Å². The first-order chi connectivity index (χ1) is 7.61. The van der Waals surface area contributed by atoms with E-state index in [-0.39, 0.29) is 46.5 Å². The predicted octanol–water partition coefficient (Wildman–Crippen LogP) is -2.13. The number of rotatable bonds is 2. The Morgan fingerprint density at radius 1 is 1.11 bits per heavy atom. The summed E-state index contributed by atoms with van der Waals surface area (Å²) in [6.07, 6.45) is 2.84. The van der Waals surface area contributed by atoms with Crippen molar-refractivity contribution in [3.63, 3.8) is 0 Å². The monoisotopic (exact) mass is 332 g/mol. The van der Waals surface area contributed by atoms with Crippen LogP contribution in [-0.4, -0.2) is 5.11 Å². The van der Waals surface area contributed by atoms with Crippen LogP contribution in [0, 0.1) is 0 Å². The van der Waals surface area contributed by atoms with E-state index in [0.29, 0.717) is 0 Å². The Labute approximate surface area is 142 Å². The van der Waals surface area contributed by atoms with E-state index in [1.807, 2.05) is 25.1 Å². The van der Waals surface area contributed by atoms with Gasteiger partial charge in [0.2, 0.25) is 0 Å². The van der Waals surface area contributed by atoms with E-state index >= 15 is 0 Å². The van der Waals surface area contributed by atoms with Gasteiger partial charge in [0.15, 0.2) is 0 Å². The molecule has 1 aromatic rings. The average molecular weight is 333 g/mol. The number of aliphatic hydroxyl groups is 1. The number of aliphatic hydroxyl groups excluding tert-OH is 1. The zero-order valence-corrected chi connectivity index (χ0v) is 14.4. The van der Waals surface area contributed by atoms with Crippen molar-refractivity contribution < 1.29 is 51.6 Å². The molecule has 0 bridgehead atoms. The van der Waals surface area contributed by atoms with Crippen molar-refractivity contribution in [2.45, 2.75) is 33.3 Å². The summed E-state index contributed by atoms with van der Waals surface area (Å²) in [4.78, 5) is 0. The SMILES string of the molecule is CC1=CCC(c2ccccc2C(C)O)=C1C.[Cl-].[Cl-].[Ti+2]. The second-order valence-corrected chi connectivity index (χ2v) is 4.46. The molecule has 0 spiro atoms.